The summed E-state index contributed by atoms with van der Waals surface area (Å²) in [7, 11) is 1.66. The lowest BCUT2D eigenvalue weighted by molar-refractivity contribution is 0.0475. The molecule has 3 atom stereocenters. The fourth-order valence-electron chi connectivity index (χ4n) is 5.03. The normalized spacial score (nSPS) is 24.5. The van der Waals surface area contributed by atoms with Crippen LogP contribution in [0.4, 0.5) is 5.82 Å². The fraction of sp³-hybridized carbons (Fsp3) is 0.577. The summed E-state index contributed by atoms with van der Waals surface area (Å²) < 4.78 is 12.0. The van der Waals surface area contributed by atoms with E-state index in [0.29, 0.717) is 0 Å². The second kappa shape index (κ2) is 9.87. The number of methoxy groups -OCH3 is 1. The molecule has 4 rings (SSSR count). The molecule has 2 aliphatic rings. The predicted molar refractivity (Wildman–Crippen MR) is 129 cm³/mol. The van der Waals surface area contributed by atoms with Crippen LogP contribution in [-0.4, -0.2) is 78.7 Å². The predicted octanol–water partition coefficient (Wildman–Crippen LogP) is 2.83. The summed E-state index contributed by atoms with van der Waals surface area (Å²) in [6, 6.07) is 10.3. The molecule has 3 unspecified atom stereocenters. The highest BCUT2D eigenvalue weighted by atomic mass is 16.5. The van der Waals surface area contributed by atoms with E-state index in [1.807, 2.05) is 32.2 Å². The first-order valence-corrected chi connectivity index (χ1v) is 11.9. The third-order valence-corrected chi connectivity index (χ3v) is 7.34. The Balaban J connectivity index is 1.49. The second-order valence-corrected chi connectivity index (χ2v) is 9.80. The molecule has 0 saturated carbocycles. The Morgan fingerprint density at radius 2 is 1.97 bits per heavy atom. The molecule has 0 radical (unpaired) electrons. The van der Waals surface area contributed by atoms with Crippen molar-refractivity contribution in [2.24, 2.45) is 5.41 Å². The van der Waals surface area contributed by atoms with E-state index in [-0.39, 0.29) is 24.0 Å². The highest BCUT2D eigenvalue weighted by Crippen LogP contribution is 2.47. The van der Waals surface area contributed by atoms with E-state index in [0.717, 1.165) is 67.6 Å². The summed E-state index contributed by atoms with van der Waals surface area (Å²) in [5, 5.41) is 19.9. The number of benzene rings is 1. The number of aliphatic hydroxyl groups is 2. The van der Waals surface area contributed by atoms with Gasteiger partial charge in [-0.25, -0.2) is 4.98 Å². The Morgan fingerprint density at radius 3 is 2.61 bits per heavy atom. The van der Waals surface area contributed by atoms with Gasteiger partial charge in [0.1, 0.15) is 11.9 Å². The Bertz CT molecular complexity index is 930. The molecule has 0 aliphatic carbocycles. The first kappa shape index (κ1) is 23.8. The fourth-order valence-corrected chi connectivity index (χ4v) is 5.03. The summed E-state index contributed by atoms with van der Waals surface area (Å²) in [4.78, 5) is 9.06. The van der Waals surface area contributed by atoms with Crippen LogP contribution in [0.1, 0.15) is 37.3 Å². The number of aromatic nitrogens is 1. The lowest BCUT2D eigenvalue weighted by atomic mass is 9.72. The van der Waals surface area contributed by atoms with Gasteiger partial charge in [-0.15, -0.1) is 0 Å². The van der Waals surface area contributed by atoms with E-state index in [1.165, 1.54) is 0 Å². The molecular formula is C26H37N3O4. The van der Waals surface area contributed by atoms with Crippen LogP contribution in [0.25, 0.3) is 0 Å². The zero-order chi connectivity index (χ0) is 23.6. The molecule has 0 amide bonds. The first-order chi connectivity index (χ1) is 15.8. The van der Waals surface area contributed by atoms with Crippen molar-refractivity contribution in [3.8, 4) is 11.5 Å². The Morgan fingerprint density at radius 1 is 1.18 bits per heavy atom. The van der Waals surface area contributed by atoms with Crippen LogP contribution in [0.5, 0.6) is 11.5 Å². The number of aryl methyl sites for hydroxylation is 1. The van der Waals surface area contributed by atoms with Gasteiger partial charge in [-0.1, -0.05) is 19.1 Å². The molecule has 2 aromatic rings. The Kier molecular flexibility index (Phi) is 7.12. The average Bonchev–Trinajstić information content (AvgIpc) is 3.13. The molecule has 33 heavy (non-hydrogen) atoms. The van der Waals surface area contributed by atoms with Crippen LogP contribution in [0.15, 0.2) is 36.5 Å². The highest BCUT2D eigenvalue weighted by molar-refractivity contribution is 5.47. The number of pyridine rings is 1. The lowest BCUT2D eigenvalue weighted by Gasteiger charge is -2.40. The van der Waals surface area contributed by atoms with Crippen molar-refractivity contribution >= 4 is 5.82 Å². The van der Waals surface area contributed by atoms with E-state index in [9.17, 15) is 10.2 Å². The highest BCUT2D eigenvalue weighted by Gasteiger charge is 2.46. The largest absolute Gasteiger partial charge is 0.493 e. The summed E-state index contributed by atoms with van der Waals surface area (Å²) in [6.45, 7) is 10.3. The van der Waals surface area contributed by atoms with Gasteiger partial charge in [-0.05, 0) is 49.6 Å². The number of nitrogens with zero attached hydrogens (tertiary/aromatic N) is 3. The maximum atomic E-state index is 10.7. The van der Waals surface area contributed by atoms with Crippen molar-refractivity contribution in [3.05, 3.63) is 47.7 Å². The van der Waals surface area contributed by atoms with Gasteiger partial charge in [0.2, 0.25) is 0 Å². The molecule has 2 fully saturated rings. The topological polar surface area (TPSA) is 78.3 Å². The molecule has 7 heteroatoms. The van der Waals surface area contributed by atoms with E-state index < -0.39 is 6.10 Å². The number of hydrogen-bond acceptors (Lipinski definition) is 7. The van der Waals surface area contributed by atoms with E-state index in [2.05, 4.69) is 39.9 Å². The van der Waals surface area contributed by atoms with Gasteiger partial charge in [0.25, 0.3) is 0 Å². The van der Waals surface area contributed by atoms with Crippen LogP contribution < -0.4 is 14.4 Å². The Hall–Kier alpha value is -2.35. The maximum Gasteiger partial charge on any atom is 0.162 e. The summed E-state index contributed by atoms with van der Waals surface area (Å²) in [5.74, 6) is 2.61. The van der Waals surface area contributed by atoms with Gasteiger partial charge >= 0.3 is 0 Å². The van der Waals surface area contributed by atoms with E-state index in [4.69, 9.17) is 9.47 Å². The second-order valence-electron chi connectivity index (χ2n) is 9.80. The van der Waals surface area contributed by atoms with Crippen molar-refractivity contribution in [1.82, 2.24) is 9.88 Å². The van der Waals surface area contributed by atoms with Gasteiger partial charge in [0.15, 0.2) is 11.5 Å². The van der Waals surface area contributed by atoms with Crippen LogP contribution in [0, 0.1) is 12.3 Å². The molecule has 3 heterocycles. The first-order valence-electron chi connectivity index (χ1n) is 11.9. The molecular weight excluding hydrogens is 418 g/mol. The number of ether oxygens (including phenoxy) is 2. The summed E-state index contributed by atoms with van der Waals surface area (Å²) >= 11 is 0. The van der Waals surface area contributed by atoms with Crippen molar-refractivity contribution in [1.29, 1.82) is 0 Å². The molecule has 7 nitrogen and oxygen atoms in total. The van der Waals surface area contributed by atoms with Crippen molar-refractivity contribution in [3.63, 3.8) is 0 Å². The minimum atomic E-state index is -0.449. The van der Waals surface area contributed by atoms with Crippen LogP contribution in [0.2, 0.25) is 0 Å². The third kappa shape index (κ3) is 4.95. The zero-order valence-corrected chi connectivity index (χ0v) is 20.2. The van der Waals surface area contributed by atoms with Crippen LogP contribution in [-0.2, 0) is 0 Å². The van der Waals surface area contributed by atoms with Crippen molar-refractivity contribution in [2.45, 2.75) is 45.3 Å². The zero-order valence-electron chi connectivity index (χ0n) is 20.2. The van der Waals surface area contributed by atoms with Crippen LogP contribution in [0.3, 0.4) is 0 Å². The Labute approximate surface area is 197 Å². The SMILES string of the molecule is COc1ccc(C2CN(CCCO)CC2(C)C(C)O)cc1OC1CN(c2ccc(C)cn2)C1. The lowest BCUT2D eigenvalue weighted by Crippen LogP contribution is -2.54. The minimum absolute atomic E-state index is 0.0741. The molecule has 2 aliphatic heterocycles. The van der Waals surface area contributed by atoms with Crippen LogP contribution >= 0.6 is 0 Å². The van der Waals surface area contributed by atoms with Crippen molar-refractivity contribution in [2.75, 3.05) is 51.3 Å². The van der Waals surface area contributed by atoms with Crippen molar-refractivity contribution < 1.29 is 19.7 Å². The molecule has 0 bridgehead atoms. The smallest absolute Gasteiger partial charge is 0.162 e. The number of hydrogen-bond donors (Lipinski definition) is 2. The number of likely N-dealkylation sites (tertiary alicyclic amines) is 1. The molecule has 1 aromatic heterocycles. The minimum Gasteiger partial charge on any atom is -0.493 e. The number of anilines is 1. The molecule has 2 saturated heterocycles. The number of rotatable bonds is 9. The molecule has 180 valence electrons. The summed E-state index contributed by atoms with van der Waals surface area (Å²) in [5.41, 5.74) is 2.03. The third-order valence-electron chi connectivity index (χ3n) is 7.34. The molecule has 2 N–H and O–H groups in total. The molecule has 0 spiro atoms. The van der Waals surface area contributed by atoms with E-state index in [1.54, 1.807) is 7.11 Å². The van der Waals surface area contributed by atoms with Gasteiger partial charge in [0.05, 0.1) is 26.3 Å². The average molecular weight is 456 g/mol. The quantitative estimate of drug-likeness (QED) is 0.602. The van der Waals surface area contributed by atoms with E-state index >= 15 is 0 Å². The molecule has 1 aromatic carbocycles. The van der Waals surface area contributed by atoms with Gasteiger partial charge in [-0.3, -0.25) is 0 Å². The van der Waals surface area contributed by atoms with Gasteiger partial charge < -0.3 is 29.5 Å². The summed E-state index contributed by atoms with van der Waals surface area (Å²) in [6.07, 6.45) is 2.26. The number of aliphatic hydroxyl groups excluding tert-OH is 2. The standard InChI is InChI=1S/C26H37N3O4/c1-18-6-9-25(27-13-18)29-14-21(15-29)33-24-12-20(7-8-23(24)32-4)22-16-28(10-5-11-30)17-26(22,3)19(2)31/h6-9,12-13,19,21-22,30-31H,5,10-11,14-17H2,1-4H3. The van der Waals surface area contributed by atoms with Gasteiger partial charge in [-0.2, -0.15) is 0 Å². The maximum absolute atomic E-state index is 10.7. The monoisotopic (exact) mass is 455 g/mol. The van der Waals surface area contributed by atoms with Gasteiger partial charge in [0, 0.05) is 43.8 Å².